The number of hydrogen-bond donors (Lipinski definition) is 0. The summed E-state index contributed by atoms with van der Waals surface area (Å²) in [4.78, 5) is 9.25. The highest BCUT2D eigenvalue weighted by molar-refractivity contribution is 9.10. The van der Waals surface area contributed by atoms with E-state index in [9.17, 15) is 0 Å². The Morgan fingerprint density at radius 1 is 1.18 bits per heavy atom. The van der Waals surface area contributed by atoms with Crippen LogP contribution < -0.4 is 0 Å². The van der Waals surface area contributed by atoms with E-state index >= 15 is 0 Å². The molecule has 22 heavy (non-hydrogen) atoms. The van der Waals surface area contributed by atoms with E-state index in [2.05, 4.69) is 49.8 Å². The van der Waals surface area contributed by atoms with Gasteiger partial charge in [0.1, 0.15) is 5.82 Å². The number of imidazole rings is 1. The van der Waals surface area contributed by atoms with Crippen molar-refractivity contribution in [1.82, 2.24) is 9.55 Å². The zero-order valence-electron chi connectivity index (χ0n) is 13.3. The number of aromatic nitrogens is 2. The fourth-order valence-corrected chi connectivity index (χ4v) is 2.57. The summed E-state index contributed by atoms with van der Waals surface area (Å²) in [5.41, 5.74) is 3.04. The topological polar surface area (TPSA) is 30.2 Å². The molecule has 2 aromatic rings. The largest absolute Gasteiger partial charge is 0.277 e. The molecule has 0 atom stereocenters. The van der Waals surface area contributed by atoms with Crippen LogP contribution in [-0.4, -0.2) is 15.8 Å². The Morgan fingerprint density at radius 3 is 2.41 bits per heavy atom. The summed E-state index contributed by atoms with van der Waals surface area (Å²) in [5, 5.41) is 0. The Hall–Kier alpha value is -1.94. The van der Waals surface area contributed by atoms with Crippen LogP contribution in [0.3, 0.4) is 0 Å². The van der Waals surface area contributed by atoms with Crippen molar-refractivity contribution in [2.45, 2.75) is 27.7 Å². The molecule has 114 valence electrons. The molecule has 0 N–H and O–H groups in total. The number of rotatable bonds is 4. The van der Waals surface area contributed by atoms with E-state index in [1.54, 1.807) is 6.21 Å². The quantitative estimate of drug-likeness (QED) is 0.503. The molecule has 0 spiro atoms. The monoisotopic (exact) mass is 357 g/mol. The van der Waals surface area contributed by atoms with Crippen molar-refractivity contribution in [2.75, 3.05) is 0 Å². The highest BCUT2D eigenvalue weighted by Crippen LogP contribution is 2.32. The molecular formula is C18H20BrN3. The number of aryl methyl sites for hydroxylation is 1. The summed E-state index contributed by atoms with van der Waals surface area (Å²) >= 11 is 3.48. The first-order chi connectivity index (χ1) is 10.6. The van der Waals surface area contributed by atoms with Gasteiger partial charge in [-0.2, -0.15) is 0 Å². The Balaban J connectivity index is 2.73. The van der Waals surface area contributed by atoms with Gasteiger partial charge in [-0.05, 0) is 45.9 Å². The fraction of sp³-hybridized carbons (Fsp3) is 0.222. The zero-order valence-corrected chi connectivity index (χ0v) is 14.9. The smallest absolute Gasteiger partial charge is 0.160 e. The van der Waals surface area contributed by atoms with Crippen molar-refractivity contribution < 1.29 is 0 Å². The van der Waals surface area contributed by atoms with Crippen LogP contribution in [0.5, 0.6) is 0 Å². The maximum absolute atomic E-state index is 4.74. The van der Waals surface area contributed by atoms with Crippen LogP contribution in [0.15, 0.2) is 52.0 Å². The predicted octanol–water partition coefficient (Wildman–Crippen LogP) is 5.78. The number of benzene rings is 1. The van der Waals surface area contributed by atoms with Crippen molar-refractivity contribution >= 4 is 33.7 Å². The van der Waals surface area contributed by atoms with Gasteiger partial charge in [-0.3, -0.25) is 4.57 Å². The van der Waals surface area contributed by atoms with Gasteiger partial charge in [-0.15, -0.1) is 0 Å². The van der Waals surface area contributed by atoms with E-state index in [0.717, 1.165) is 33.1 Å². The number of hydrogen-bond acceptors (Lipinski definition) is 2. The molecule has 3 nitrogen and oxygen atoms in total. The molecule has 2 rings (SSSR count). The van der Waals surface area contributed by atoms with Crippen LogP contribution in [0.4, 0.5) is 5.82 Å². The van der Waals surface area contributed by atoms with Crippen molar-refractivity contribution in [3.63, 3.8) is 0 Å². The molecule has 0 unspecified atom stereocenters. The third kappa shape index (κ3) is 3.28. The first-order valence-corrected chi connectivity index (χ1v) is 8.05. The van der Waals surface area contributed by atoms with E-state index in [-0.39, 0.29) is 0 Å². The van der Waals surface area contributed by atoms with Crippen molar-refractivity contribution in [3.8, 4) is 11.4 Å². The maximum atomic E-state index is 4.74. The lowest BCUT2D eigenvalue weighted by Crippen LogP contribution is -1.98. The van der Waals surface area contributed by atoms with Crippen LogP contribution in [0.2, 0.25) is 0 Å². The summed E-state index contributed by atoms with van der Waals surface area (Å²) in [6.07, 6.45) is 7.96. The second-order valence-corrected chi connectivity index (χ2v) is 5.70. The van der Waals surface area contributed by atoms with Gasteiger partial charge in [-0.25, -0.2) is 9.98 Å². The summed E-state index contributed by atoms with van der Waals surface area (Å²) in [6, 6.07) is 8.17. The fourth-order valence-electron chi connectivity index (χ4n) is 2.30. The minimum absolute atomic E-state index is 0.867. The number of allylic oxidation sites excluding steroid dienone is 4. The van der Waals surface area contributed by atoms with Crippen LogP contribution in [0, 0.1) is 6.92 Å². The minimum atomic E-state index is 0.867. The molecular weight excluding hydrogens is 338 g/mol. The SMILES string of the molecule is CC=Nc1c(C)nc(-c2ccc(Br)cc2)n1C(/C=C\C)=C/C. The molecule has 0 radical (unpaired) electrons. The molecule has 1 heterocycles. The van der Waals surface area contributed by atoms with Gasteiger partial charge < -0.3 is 0 Å². The van der Waals surface area contributed by atoms with E-state index in [1.807, 2.05) is 45.9 Å². The van der Waals surface area contributed by atoms with Gasteiger partial charge in [-0.1, -0.05) is 40.2 Å². The lowest BCUT2D eigenvalue weighted by Gasteiger charge is -2.11. The molecule has 0 aliphatic heterocycles. The predicted molar refractivity (Wildman–Crippen MR) is 98.7 cm³/mol. The molecule has 1 aromatic heterocycles. The Kier molecular flexibility index (Phi) is 5.50. The molecule has 0 saturated heterocycles. The average molecular weight is 358 g/mol. The first kappa shape index (κ1) is 16.4. The van der Waals surface area contributed by atoms with Gasteiger partial charge in [0.05, 0.1) is 5.69 Å². The van der Waals surface area contributed by atoms with Gasteiger partial charge in [0, 0.05) is 21.9 Å². The third-order valence-electron chi connectivity index (χ3n) is 3.27. The van der Waals surface area contributed by atoms with Crippen LogP contribution in [-0.2, 0) is 0 Å². The van der Waals surface area contributed by atoms with E-state index in [4.69, 9.17) is 4.98 Å². The molecule has 0 aliphatic carbocycles. The van der Waals surface area contributed by atoms with Gasteiger partial charge in [0.15, 0.2) is 5.82 Å². The van der Waals surface area contributed by atoms with Gasteiger partial charge in [0.25, 0.3) is 0 Å². The molecule has 1 aromatic carbocycles. The van der Waals surface area contributed by atoms with E-state index < -0.39 is 0 Å². The highest BCUT2D eigenvalue weighted by atomic mass is 79.9. The lowest BCUT2D eigenvalue weighted by atomic mass is 10.2. The van der Waals surface area contributed by atoms with Crippen molar-refractivity contribution in [2.24, 2.45) is 4.99 Å². The average Bonchev–Trinajstić information content (AvgIpc) is 2.83. The molecule has 0 saturated carbocycles. The number of aliphatic imine (C=N–C) groups is 1. The standard InChI is InChI=1S/C18H20BrN3/c1-5-8-16(6-2)22-17(20-7-3)13(4)21-18(22)14-9-11-15(19)12-10-14/h5-12H,1-4H3/b8-5-,16-6+,20-7?. The third-order valence-corrected chi connectivity index (χ3v) is 3.79. The van der Waals surface area contributed by atoms with Crippen molar-refractivity contribution in [3.05, 3.63) is 52.7 Å². The Bertz CT molecular complexity index is 734. The second-order valence-electron chi connectivity index (χ2n) is 4.79. The normalized spacial score (nSPS) is 12.7. The minimum Gasteiger partial charge on any atom is -0.277 e. The molecule has 0 aliphatic rings. The van der Waals surface area contributed by atoms with Crippen LogP contribution >= 0.6 is 15.9 Å². The lowest BCUT2D eigenvalue weighted by molar-refractivity contribution is 1.09. The second kappa shape index (κ2) is 7.36. The summed E-state index contributed by atoms with van der Waals surface area (Å²) < 4.78 is 3.15. The molecule has 4 heteroatoms. The first-order valence-electron chi connectivity index (χ1n) is 7.25. The molecule has 0 bridgehead atoms. The summed E-state index contributed by atoms with van der Waals surface area (Å²) in [5.74, 6) is 1.77. The maximum Gasteiger partial charge on any atom is 0.160 e. The summed E-state index contributed by atoms with van der Waals surface area (Å²) in [7, 11) is 0. The zero-order chi connectivity index (χ0) is 16.1. The Labute approximate surface area is 140 Å². The molecule has 0 fully saturated rings. The summed E-state index contributed by atoms with van der Waals surface area (Å²) in [6.45, 7) is 7.94. The van der Waals surface area contributed by atoms with E-state index in [0.29, 0.717) is 0 Å². The highest BCUT2D eigenvalue weighted by Gasteiger charge is 2.16. The van der Waals surface area contributed by atoms with Crippen LogP contribution in [0.25, 0.3) is 17.1 Å². The molecule has 0 amide bonds. The van der Waals surface area contributed by atoms with E-state index in [1.165, 1.54) is 0 Å². The van der Waals surface area contributed by atoms with Crippen molar-refractivity contribution in [1.29, 1.82) is 0 Å². The Morgan fingerprint density at radius 2 is 1.86 bits per heavy atom. The van der Waals surface area contributed by atoms with Gasteiger partial charge >= 0.3 is 0 Å². The van der Waals surface area contributed by atoms with Crippen LogP contribution in [0.1, 0.15) is 26.5 Å². The van der Waals surface area contributed by atoms with Gasteiger partial charge in [0.2, 0.25) is 0 Å². The number of halogens is 1. The number of nitrogens with zero attached hydrogens (tertiary/aromatic N) is 3.